The van der Waals surface area contributed by atoms with Crippen LogP contribution in [0.4, 0.5) is 0 Å². The van der Waals surface area contributed by atoms with Crippen LogP contribution in [0.25, 0.3) is 0 Å². The Bertz CT molecular complexity index is 484. The Morgan fingerprint density at radius 3 is 2.26 bits per heavy atom. The number of esters is 1. The smallest absolute Gasteiger partial charge is 0.330 e. The van der Waals surface area contributed by atoms with Gasteiger partial charge in [-0.2, -0.15) is 5.10 Å². The molecule has 1 rings (SSSR count). The van der Waals surface area contributed by atoms with Gasteiger partial charge in [-0.1, -0.05) is 20.8 Å². The van der Waals surface area contributed by atoms with Crippen molar-refractivity contribution in [2.75, 3.05) is 7.11 Å². The number of carbonyl (C=O) groups excluding carboxylic acids is 2. The van der Waals surface area contributed by atoms with E-state index in [9.17, 15) is 9.59 Å². The summed E-state index contributed by atoms with van der Waals surface area (Å²) < 4.78 is 4.63. The molecule has 0 atom stereocenters. The van der Waals surface area contributed by atoms with Crippen LogP contribution < -0.4 is 5.32 Å². The summed E-state index contributed by atoms with van der Waals surface area (Å²) >= 11 is 0. The van der Waals surface area contributed by atoms with Crippen LogP contribution in [0.5, 0.6) is 0 Å². The van der Waals surface area contributed by atoms with Gasteiger partial charge in [0.25, 0.3) is 5.91 Å². The summed E-state index contributed by atoms with van der Waals surface area (Å²) in [5.41, 5.74) is -0.105. The highest BCUT2D eigenvalue weighted by atomic mass is 16.5. The Morgan fingerprint density at radius 2 is 1.84 bits per heavy atom. The fourth-order valence-corrected chi connectivity index (χ4v) is 1.48. The molecule has 0 saturated carbocycles. The lowest BCUT2D eigenvalue weighted by Crippen LogP contribution is -2.50. The minimum atomic E-state index is -1.09. The monoisotopic (exact) mass is 267 g/mol. The van der Waals surface area contributed by atoms with Crippen LogP contribution >= 0.6 is 0 Å². The van der Waals surface area contributed by atoms with E-state index in [1.165, 1.54) is 7.11 Å². The molecule has 0 aromatic carbocycles. The fourth-order valence-electron chi connectivity index (χ4n) is 1.48. The third-order valence-corrected chi connectivity index (χ3v) is 2.74. The molecule has 1 amide bonds. The van der Waals surface area contributed by atoms with Gasteiger partial charge in [-0.05, 0) is 19.9 Å². The Kier molecular flexibility index (Phi) is 4.03. The number of ether oxygens (including phenoxy) is 1. The third kappa shape index (κ3) is 3.56. The zero-order valence-corrected chi connectivity index (χ0v) is 12.2. The van der Waals surface area contributed by atoms with Gasteiger partial charge in [0.1, 0.15) is 11.2 Å². The molecule has 0 radical (unpaired) electrons. The lowest BCUT2D eigenvalue weighted by Gasteiger charge is -2.22. The number of hydrogen-bond acceptors (Lipinski definition) is 4. The molecule has 0 fully saturated rings. The Balaban J connectivity index is 2.85. The molecule has 106 valence electrons. The molecule has 0 bridgehead atoms. The zero-order valence-electron chi connectivity index (χ0n) is 12.2. The third-order valence-electron chi connectivity index (χ3n) is 2.74. The minimum Gasteiger partial charge on any atom is -0.467 e. The fraction of sp³-hybridized carbons (Fsp3) is 0.615. The van der Waals surface area contributed by atoms with Gasteiger partial charge in [0.15, 0.2) is 0 Å². The molecule has 0 aliphatic rings. The Hall–Kier alpha value is -1.85. The van der Waals surface area contributed by atoms with E-state index >= 15 is 0 Å². The standard InChI is InChI=1S/C13H21N3O3/c1-12(2,3)9-7-8(15-16-9)10(17)14-13(4,5)11(18)19-6/h7H,1-6H3,(H,14,17)(H,15,16). The highest BCUT2D eigenvalue weighted by molar-refractivity contribution is 5.96. The molecule has 1 aromatic heterocycles. The summed E-state index contributed by atoms with van der Waals surface area (Å²) in [5, 5.41) is 9.38. The van der Waals surface area contributed by atoms with E-state index < -0.39 is 17.4 Å². The molecule has 0 unspecified atom stereocenters. The van der Waals surface area contributed by atoms with Crippen molar-refractivity contribution in [2.45, 2.75) is 45.6 Å². The van der Waals surface area contributed by atoms with Gasteiger partial charge in [-0.15, -0.1) is 0 Å². The van der Waals surface area contributed by atoms with E-state index in [1.54, 1.807) is 19.9 Å². The predicted molar refractivity (Wildman–Crippen MR) is 70.8 cm³/mol. The first-order chi connectivity index (χ1) is 8.58. The van der Waals surface area contributed by atoms with Crippen molar-refractivity contribution in [3.8, 4) is 0 Å². The van der Waals surface area contributed by atoms with Crippen LogP contribution in [-0.4, -0.2) is 34.7 Å². The van der Waals surface area contributed by atoms with Crippen molar-refractivity contribution in [1.29, 1.82) is 0 Å². The first kappa shape index (κ1) is 15.2. The van der Waals surface area contributed by atoms with E-state index in [4.69, 9.17) is 0 Å². The van der Waals surface area contributed by atoms with Crippen molar-refractivity contribution in [2.24, 2.45) is 0 Å². The molecule has 19 heavy (non-hydrogen) atoms. The zero-order chi connectivity index (χ0) is 14.8. The molecule has 0 spiro atoms. The van der Waals surface area contributed by atoms with Gasteiger partial charge in [-0.3, -0.25) is 9.89 Å². The summed E-state index contributed by atoms with van der Waals surface area (Å²) in [6, 6.07) is 1.68. The van der Waals surface area contributed by atoms with Crippen molar-refractivity contribution in [3.05, 3.63) is 17.5 Å². The topological polar surface area (TPSA) is 84.1 Å². The molecule has 2 N–H and O–H groups in total. The summed E-state index contributed by atoms with van der Waals surface area (Å²) in [4.78, 5) is 23.5. The van der Waals surface area contributed by atoms with E-state index in [1.807, 2.05) is 20.8 Å². The first-order valence-corrected chi connectivity index (χ1v) is 6.05. The number of rotatable bonds is 3. The summed E-state index contributed by atoms with van der Waals surface area (Å²) in [6.07, 6.45) is 0. The van der Waals surface area contributed by atoms with E-state index in [0.29, 0.717) is 0 Å². The molecule has 0 aliphatic heterocycles. The quantitative estimate of drug-likeness (QED) is 0.810. The summed E-state index contributed by atoms with van der Waals surface area (Å²) in [5.74, 6) is -0.922. The maximum Gasteiger partial charge on any atom is 0.330 e. The molecule has 1 aromatic rings. The number of aromatic nitrogens is 2. The highest BCUT2D eigenvalue weighted by Crippen LogP contribution is 2.20. The summed E-state index contributed by atoms with van der Waals surface area (Å²) in [6.45, 7) is 9.20. The maximum absolute atomic E-state index is 12.0. The predicted octanol–water partition coefficient (Wildman–Crippen LogP) is 1.39. The second-order valence-corrected chi connectivity index (χ2v) is 5.99. The van der Waals surface area contributed by atoms with Gasteiger partial charge in [0.2, 0.25) is 0 Å². The lowest BCUT2D eigenvalue weighted by molar-refractivity contribution is -0.146. The molecule has 6 nitrogen and oxygen atoms in total. The number of nitrogens with one attached hydrogen (secondary N) is 2. The molecule has 1 heterocycles. The Labute approximate surface area is 112 Å². The van der Waals surface area contributed by atoms with Crippen molar-refractivity contribution < 1.29 is 14.3 Å². The summed E-state index contributed by atoms with van der Waals surface area (Å²) in [7, 11) is 1.28. The number of hydrogen-bond donors (Lipinski definition) is 2. The van der Waals surface area contributed by atoms with E-state index in [-0.39, 0.29) is 11.1 Å². The van der Waals surface area contributed by atoms with Crippen LogP contribution in [0, 0.1) is 0 Å². The average Bonchev–Trinajstić information content (AvgIpc) is 2.76. The normalized spacial score (nSPS) is 12.1. The van der Waals surface area contributed by atoms with Crippen LogP contribution in [0.2, 0.25) is 0 Å². The number of nitrogens with zero attached hydrogens (tertiary/aromatic N) is 1. The largest absolute Gasteiger partial charge is 0.467 e. The number of amides is 1. The van der Waals surface area contributed by atoms with E-state index in [2.05, 4.69) is 20.3 Å². The minimum absolute atomic E-state index is 0.122. The Morgan fingerprint density at radius 1 is 1.26 bits per heavy atom. The average molecular weight is 267 g/mol. The van der Waals surface area contributed by atoms with Gasteiger partial charge in [0, 0.05) is 11.1 Å². The lowest BCUT2D eigenvalue weighted by atomic mass is 9.92. The van der Waals surface area contributed by atoms with Gasteiger partial charge < -0.3 is 10.1 Å². The SMILES string of the molecule is COC(=O)C(C)(C)NC(=O)c1cc(C(C)(C)C)[nH]n1. The molecular weight excluding hydrogens is 246 g/mol. The van der Waals surface area contributed by atoms with E-state index in [0.717, 1.165) is 5.69 Å². The highest BCUT2D eigenvalue weighted by Gasteiger charge is 2.31. The number of H-pyrrole nitrogens is 1. The number of aromatic amines is 1. The van der Waals surface area contributed by atoms with Crippen molar-refractivity contribution >= 4 is 11.9 Å². The second-order valence-electron chi connectivity index (χ2n) is 5.99. The van der Waals surface area contributed by atoms with Crippen LogP contribution in [0.3, 0.4) is 0 Å². The number of methoxy groups -OCH3 is 1. The van der Waals surface area contributed by atoms with Gasteiger partial charge in [-0.25, -0.2) is 4.79 Å². The number of carbonyl (C=O) groups is 2. The van der Waals surface area contributed by atoms with Gasteiger partial charge in [0.05, 0.1) is 7.11 Å². The van der Waals surface area contributed by atoms with Crippen molar-refractivity contribution in [1.82, 2.24) is 15.5 Å². The molecule has 0 aliphatic carbocycles. The second kappa shape index (κ2) is 5.03. The van der Waals surface area contributed by atoms with Gasteiger partial charge >= 0.3 is 5.97 Å². The first-order valence-electron chi connectivity index (χ1n) is 6.05. The van der Waals surface area contributed by atoms with Crippen LogP contribution in [-0.2, 0) is 14.9 Å². The van der Waals surface area contributed by atoms with Crippen molar-refractivity contribution in [3.63, 3.8) is 0 Å². The molecular formula is C13H21N3O3. The maximum atomic E-state index is 12.0. The molecule has 0 saturated heterocycles. The van der Waals surface area contributed by atoms with Crippen LogP contribution in [0.15, 0.2) is 6.07 Å². The molecule has 6 heteroatoms. The van der Waals surface area contributed by atoms with Crippen LogP contribution in [0.1, 0.15) is 50.8 Å².